The highest BCUT2D eigenvalue weighted by Gasteiger charge is 2.17. The van der Waals surface area contributed by atoms with Gasteiger partial charge in [-0.25, -0.2) is 0 Å². The molecule has 19 heavy (non-hydrogen) atoms. The monoisotopic (exact) mass is 329 g/mol. The predicted molar refractivity (Wildman–Crippen MR) is 82.0 cm³/mol. The van der Waals surface area contributed by atoms with Gasteiger partial charge in [0.1, 0.15) is 0 Å². The summed E-state index contributed by atoms with van der Waals surface area (Å²) in [4.78, 5) is 15.4. The highest BCUT2D eigenvalue weighted by molar-refractivity contribution is 7.19. The highest BCUT2D eigenvalue weighted by atomic mass is 35.5. The lowest BCUT2D eigenvalue weighted by atomic mass is 10.1. The van der Waals surface area contributed by atoms with Crippen LogP contribution in [0.2, 0.25) is 14.4 Å². The number of aldehydes is 1. The van der Waals surface area contributed by atoms with Crippen LogP contribution in [0, 0.1) is 0 Å². The van der Waals surface area contributed by atoms with Crippen LogP contribution in [0.3, 0.4) is 0 Å². The average Bonchev–Trinajstić information content (AvgIpc) is 2.91. The van der Waals surface area contributed by atoms with E-state index in [9.17, 15) is 4.79 Å². The Balaban J connectivity index is 2.37. The van der Waals surface area contributed by atoms with Crippen LogP contribution in [0.5, 0.6) is 0 Å². The molecule has 0 bridgehead atoms. The lowest BCUT2D eigenvalue weighted by Crippen LogP contribution is -1.81. The molecule has 2 heterocycles. The Kier molecular flexibility index (Phi) is 3.31. The zero-order valence-corrected chi connectivity index (χ0v) is 12.4. The first-order chi connectivity index (χ1) is 9.10. The highest BCUT2D eigenvalue weighted by Crippen LogP contribution is 2.38. The van der Waals surface area contributed by atoms with E-state index in [1.165, 1.54) is 11.3 Å². The van der Waals surface area contributed by atoms with E-state index >= 15 is 0 Å². The van der Waals surface area contributed by atoms with Crippen LogP contribution < -0.4 is 0 Å². The first-order valence-corrected chi connectivity index (χ1v) is 7.27. The fourth-order valence-electron chi connectivity index (χ4n) is 2.03. The molecular weight excluding hydrogens is 325 g/mol. The third-order valence-electron chi connectivity index (χ3n) is 2.79. The van der Waals surface area contributed by atoms with Crippen molar-refractivity contribution < 1.29 is 4.79 Å². The fraction of sp³-hybridized carbons (Fsp3) is 0. The van der Waals surface area contributed by atoms with Crippen molar-refractivity contribution in [1.82, 2.24) is 4.98 Å². The Bertz CT molecular complexity index is 791. The Morgan fingerprint density at radius 3 is 2.58 bits per heavy atom. The topological polar surface area (TPSA) is 32.9 Å². The molecule has 0 aliphatic heterocycles. The second kappa shape index (κ2) is 4.84. The lowest BCUT2D eigenvalue weighted by molar-refractivity contribution is 0.112. The number of carbonyl (C=O) groups is 1. The molecule has 0 spiro atoms. The minimum Gasteiger partial charge on any atom is -0.353 e. The van der Waals surface area contributed by atoms with Crippen molar-refractivity contribution in [3.63, 3.8) is 0 Å². The first-order valence-electron chi connectivity index (χ1n) is 5.31. The minimum atomic E-state index is 0.453. The van der Waals surface area contributed by atoms with E-state index in [0.29, 0.717) is 31.0 Å². The number of hydrogen-bond acceptors (Lipinski definition) is 2. The SMILES string of the molecule is O=Cc1c(-c2ccc(Cl)s2)[nH]c2cc(Cl)cc(Cl)c12. The summed E-state index contributed by atoms with van der Waals surface area (Å²) in [6.07, 6.45) is 0.793. The number of hydrogen-bond donors (Lipinski definition) is 1. The summed E-state index contributed by atoms with van der Waals surface area (Å²) in [5.74, 6) is 0. The molecule has 2 aromatic heterocycles. The van der Waals surface area contributed by atoms with Crippen LogP contribution in [0.15, 0.2) is 24.3 Å². The van der Waals surface area contributed by atoms with Gasteiger partial charge in [-0.2, -0.15) is 0 Å². The smallest absolute Gasteiger partial charge is 0.152 e. The van der Waals surface area contributed by atoms with Crippen molar-refractivity contribution in [2.75, 3.05) is 0 Å². The summed E-state index contributed by atoms with van der Waals surface area (Å²) in [7, 11) is 0. The Morgan fingerprint density at radius 2 is 1.95 bits per heavy atom. The number of aromatic nitrogens is 1. The molecule has 0 saturated heterocycles. The Morgan fingerprint density at radius 1 is 1.16 bits per heavy atom. The molecule has 1 aromatic carbocycles. The molecule has 0 unspecified atom stereocenters. The predicted octanol–water partition coefficient (Wildman–Crippen LogP) is 5.67. The van der Waals surface area contributed by atoms with Gasteiger partial charge in [-0.15, -0.1) is 11.3 Å². The van der Waals surface area contributed by atoms with Crippen molar-refractivity contribution in [3.8, 4) is 10.6 Å². The fourth-order valence-corrected chi connectivity index (χ4v) is 3.69. The maximum Gasteiger partial charge on any atom is 0.152 e. The quantitative estimate of drug-likeness (QED) is 0.603. The van der Waals surface area contributed by atoms with Gasteiger partial charge in [-0.05, 0) is 24.3 Å². The maximum absolute atomic E-state index is 11.4. The number of rotatable bonds is 2. The Labute approximate surface area is 127 Å². The van der Waals surface area contributed by atoms with Crippen LogP contribution in [0.4, 0.5) is 0 Å². The molecule has 0 radical (unpaired) electrons. The number of thiophene rings is 1. The zero-order chi connectivity index (χ0) is 13.6. The number of halogens is 3. The van der Waals surface area contributed by atoms with Crippen LogP contribution in [-0.4, -0.2) is 11.3 Å². The number of fused-ring (bicyclic) bond motifs is 1. The van der Waals surface area contributed by atoms with Crippen molar-refractivity contribution in [2.45, 2.75) is 0 Å². The first kappa shape index (κ1) is 13.0. The molecule has 0 fully saturated rings. The van der Waals surface area contributed by atoms with E-state index in [0.717, 1.165) is 16.7 Å². The normalized spacial score (nSPS) is 11.1. The molecule has 96 valence electrons. The van der Waals surface area contributed by atoms with Gasteiger partial charge >= 0.3 is 0 Å². The summed E-state index contributed by atoms with van der Waals surface area (Å²) in [6, 6.07) is 7.02. The molecule has 3 rings (SSSR count). The molecule has 0 saturated carbocycles. The van der Waals surface area contributed by atoms with Gasteiger partial charge < -0.3 is 4.98 Å². The second-order valence-corrected chi connectivity index (χ2v) is 6.50. The van der Waals surface area contributed by atoms with E-state index in [1.54, 1.807) is 18.2 Å². The molecule has 0 atom stereocenters. The number of benzene rings is 1. The summed E-state index contributed by atoms with van der Waals surface area (Å²) in [5.41, 5.74) is 1.97. The van der Waals surface area contributed by atoms with Gasteiger partial charge in [0.15, 0.2) is 6.29 Å². The van der Waals surface area contributed by atoms with Crippen molar-refractivity contribution in [3.05, 3.63) is 44.2 Å². The molecule has 2 nitrogen and oxygen atoms in total. The third kappa shape index (κ3) is 2.17. The standard InChI is InChI=1S/C13H6Cl3NOS/c14-6-3-8(15)12-7(5-18)13(17-9(12)4-6)10-1-2-11(16)19-10/h1-5,17H. The van der Waals surface area contributed by atoms with Gasteiger partial charge in [-0.3, -0.25) is 4.79 Å². The van der Waals surface area contributed by atoms with Crippen LogP contribution in [-0.2, 0) is 0 Å². The van der Waals surface area contributed by atoms with E-state index in [-0.39, 0.29) is 0 Å². The summed E-state index contributed by atoms with van der Waals surface area (Å²) >= 11 is 19.5. The number of carbonyl (C=O) groups excluding carboxylic acids is 1. The molecule has 6 heteroatoms. The second-order valence-electron chi connectivity index (χ2n) is 3.95. The molecule has 0 aliphatic rings. The number of H-pyrrole nitrogens is 1. The van der Waals surface area contributed by atoms with Crippen molar-refractivity contribution >= 4 is 63.3 Å². The van der Waals surface area contributed by atoms with E-state index in [1.807, 2.05) is 6.07 Å². The van der Waals surface area contributed by atoms with E-state index in [2.05, 4.69) is 4.98 Å². The molecular formula is C13H6Cl3NOS. The van der Waals surface area contributed by atoms with Crippen molar-refractivity contribution in [2.24, 2.45) is 0 Å². The average molecular weight is 331 g/mol. The maximum atomic E-state index is 11.4. The third-order valence-corrected chi connectivity index (χ3v) is 4.56. The van der Waals surface area contributed by atoms with Gasteiger partial charge in [-0.1, -0.05) is 34.8 Å². The Hall–Kier alpha value is -1.000. The summed E-state index contributed by atoms with van der Waals surface area (Å²) in [6.45, 7) is 0. The summed E-state index contributed by atoms with van der Waals surface area (Å²) in [5, 5.41) is 1.65. The van der Waals surface area contributed by atoms with E-state index in [4.69, 9.17) is 34.8 Å². The van der Waals surface area contributed by atoms with Gasteiger partial charge in [0.2, 0.25) is 0 Å². The molecule has 3 aromatic rings. The van der Waals surface area contributed by atoms with Crippen LogP contribution in [0.1, 0.15) is 10.4 Å². The van der Waals surface area contributed by atoms with Gasteiger partial charge in [0.05, 0.1) is 25.5 Å². The van der Waals surface area contributed by atoms with Crippen LogP contribution >= 0.6 is 46.1 Å². The lowest BCUT2D eigenvalue weighted by Gasteiger charge is -1.96. The van der Waals surface area contributed by atoms with Crippen LogP contribution in [0.25, 0.3) is 21.5 Å². The molecule has 0 amide bonds. The number of aromatic amines is 1. The summed E-state index contributed by atoms with van der Waals surface area (Å²) < 4.78 is 0.662. The zero-order valence-electron chi connectivity index (χ0n) is 9.34. The van der Waals surface area contributed by atoms with Crippen molar-refractivity contribution in [1.29, 1.82) is 0 Å². The number of nitrogens with one attached hydrogen (secondary N) is 1. The minimum absolute atomic E-state index is 0.453. The molecule has 1 N–H and O–H groups in total. The molecule has 0 aliphatic carbocycles. The largest absolute Gasteiger partial charge is 0.353 e. The van der Waals surface area contributed by atoms with E-state index < -0.39 is 0 Å². The van der Waals surface area contributed by atoms with Gasteiger partial charge in [0, 0.05) is 15.9 Å². The van der Waals surface area contributed by atoms with Gasteiger partial charge in [0.25, 0.3) is 0 Å².